The van der Waals surface area contributed by atoms with Crippen LogP contribution in [0.15, 0.2) is 0 Å². The van der Waals surface area contributed by atoms with Crippen LogP contribution in [-0.4, -0.2) is 15.6 Å². The van der Waals surface area contributed by atoms with Crippen molar-refractivity contribution in [2.75, 3.05) is 0 Å². The molecule has 1 aromatic heterocycles. The summed E-state index contributed by atoms with van der Waals surface area (Å²) in [5.74, 6) is 1.76. The summed E-state index contributed by atoms with van der Waals surface area (Å²) in [6.45, 7) is 4.18. The number of aryl methyl sites for hydroxylation is 2. The third-order valence-corrected chi connectivity index (χ3v) is 3.47. The van der Waals surface area contributed by atoms with Crippen molar-refractivity contribution < 1.29 is 0 Å². The second-order valence-corrected chi connectivity index (χ2v) is 4.47. The normalized spacial score (nSPS) is 23.3. The zero-order valence-corrected chi connectivity index (χ0v) is 9.25. The van der Waals surface area contributed by atoms with Gasteiger partial charge < -0.3 is 10.3 Å². The van der Waals surface area contributed by atoms with E-state index in [9.17, 15) is 0 Å². The molecule has 0 aliphatic heterocycles. The molecular formula is C11H19N3. The summed E-state index contributed by atoms with van der Waals surface area (Å²) in [5.41, 5.74) is 8.64. The topological polar surface area (TPSA) is 43.8 Å². The third-order valence-electron chi connectivity index (χ3n) is 3.47. The largest absolute Gasteiger partial charge is 0.335 e. The molecule has 0 radical (unpaired) electrons. The molecular weight excluding hydrogens is 174 g/mol. The maximum Gasteiger partial charge on any atom is 0.105 e. The zero-order valence-electron chi connectivity index (χ0n) is 9.25. The van der Waals surface area contributed by atoms with E-state index in [1.807, 2.05) is 0 Å². The summed E-state index contributed by atoms with van der Waals surface area (Å²) < 4.78 is 2.21. The first-order valence-electron chi connectivity index (χ1n) is 5.36. The Morgan fingerprint density at radius 2 is 2.29 bits per heavy atom. The van der Waals surface area contributed by atoms with Crippen LogP contribution >= 0.6 is 0 Å². The van der Waals surface area contributed by atoms with Gasteiger partial charge in [0.15, 0.2) is 0 Å². The molecule has 1 heterocycles. The van der Waals surface area contributed by atoms with E-state index in [4.69, 9.17) is 5.73 Å². The van der Waals surface area contributed by atoms with Gasteiger partial charge in [0.2, 0.25) is 0 Å². The fourth-order valence-corrected chi connectivity index (χ4v) is 2.30. The van der Waals surface area contributed by atoms with Crippen LogP contribution in [0.4, 0.5) is 0 Å². The Balaban J connectivity index is 2.29. The van der Waals surface area contributed by atoms with Crippen molar-refractivity contribution in [2.24, 2.45) is 18.7 Å². The molecule has 0 saturated heterocycles. The minimum Gasteiger partial charge on any atom is -0.335 e. The standard InChI is InChI=1S/C11H19N3/c1-7(12)9-4-5-10-11(6-9)14(3)8(2)13-10/h7,9H,4-6,12H2,1-3H3. The fourth-order valence-electron chi connectivity index (χ4n) is 2.30. The molecule has 3 nitrogen and oxygen atoms in total. The van der Waals surface area contributed by atoms with E-state index < -0.39 is 0 Å². The van der Waals surface area contributed by atoms with E-state index >= 15 is 0 Å². The minimum absolute atomic E-state index is 0.304. The average Bonchev–Trinajstić information content (AvgIpc) is 2.43. The lowest BCUT2D eigenvalue weighted by atomic mass is 9.85. The molecule has 2 N–H and O–H groups in total. The van der Waals surface area contributed by atoms with E-state index in [1.54, 1.807) is 0 Å². The number of aromatic nitrogens is 2. The second-order valence-electron chi connectivity index (χ2n) is 4.47. The predicted octanol–water partition coefficient (Wildman–Crippen LogP) is 1.18. The van der Waals surface area contributed by atoms with Crippen molar-refractivity contribution in [3.8, 4) is 0 Å². The van der Waals surface area contributed by atoms with Gasteiger partial charge in [0.05, 0.1) is 5.69 Å². The van der Waals surface area contributed by atoms with Gasteiger partial charge in [0, 0.05) is 18.8 Å². The summed E-state index contributed by atoms with van der Waals surface area (Å²) in [4.78, 5) is 4.57. The van der Waals surface area contributed by atoms with Crippen LogP contribution in [-0.2, 0) is 19.9 Å². The van der Waals surface area contributed by atoms with Crippen molar-refractivity contribution in [3.63, 3.8) is 0 Å². The Bertz CT molecular complexity index is 339. The van der Waals surface area contributed by atoms with Crippen molar-refractivity contribution in [1.82, 2.24) is 9.55 Å². The van der Waals surface area contributed by atoms with Crippen LogP contribution in [0.3, 0.4) is 0 Å². The Morgan fingerprint density at radius 1 is 1.57 bits per heavy atom. The Morgan fingerprint density at radius 3 is 2.93 bits per heavy atom. The van der Waals surface area contributed by atoms with Gasteiger partial charge in [0.1, 0.15) is 5.82 Å². The molecule has 14 heavy (non-hydrogen) atoms. The van der Waals surface area contributed by atoms with Crippen molar-refractivity contribution in [1.29, 1.82) is 0 Å². The van der Waals surface area contributed by atoms with E-state index in [1.165, 1.54) is 17.8 Å². The number of nitrogens with two attached hydrogens (primary N) is 1. The van der Waals surface area contributed by atoms with Crippen LogP contribution < -0.4 is 5.73 Å². The number of rotatable bonds is 1. The number of nitrogens with zero attached hydrogens (tertiary/aromatic N) is 2. The van der Waals surface area contributed by atoms with E-state index in [-0.39, 0.29) is 0 Å². The van der Waals surface area contributed by atoms with Gasteiger partial charge in [-0.25, -0.2) is 4.98 Å². The molecule has 0 bridgehead atoms. The van der Waals surface area contributed by atoms with Crippen molar-refractivity contribution in [2.45, 2.75) is 39.2 Å². The Labute approximate surface area is 85.3 Å². The summed E-state index contributed by atoms with van der Waals surface area (Å²) >= 11 is 0. The number of imidazole rings is 1. The van der Waals surface area contributed by atoms with Crippen LogP contribution in [0.5, 0.6) is 0 Å². The molecule has 3 heteroatoms. The van der Waals surface area contributed by atoms with Gasteiger partial charge in [-0.2, -0.15) is 0 Å². The molecule has 0 saturated carbocycles. The maximum absolute atomic E-state index is 5.95. The van der Waals surface area contributed by atoms with Gasteiger partial charge in [-0.3, -0.25) is 0 Å². The minimum atomic E-state index is 0.304. The average molecular weight is 193 g/mol. The van der Waals surface area contributed by atoms with Crippen molar-refractivity contribution >= 4 is 0 Å². The van der Waals surface area contributed by atoms with Gasteiger partial charge in [0.25, 0.3) is 0 Å². The first-order chi connectivity index (χ1) is 6.59. The first kappa shape index (κ1) is 9.71. The SMILES string of the molecule is Cc1nc2c(n1C)CC(C(C)N)CC2. The predicted molar refractivity (Wildman–Crippen MR) is 57.1 cm³/mol. The van der Waals surface area contributed by atoms with E-state index in [2.05, 4.69) is 30.4 Å². The molecule has 78 valence electrons. The summed E-state index contributed by atoms with van der Waals surface area (Å²) in [6, 6.07) is 0.304. The summed E-state index contributed by atoms with van der Waals surface area (Å²) in [7, 11) is 2.10. The van der Waals surface area contributed by atoms with Crippen molar-refractivity contribution in [3.05, 3.63) is 17.2 Å². The summed E-state index contributed by atoms with van der Waals surface area (Å²) in [5, 5.41) is 0. The van der Waals surface area contributed by atoms with Crippen LogP contribution in [0.1, 0.15) is 30.6 Å². The van der Waals surface area contributed by atoms with Gasteiger partial charge in [-0.05, 0) is 39.0 Å². The lowest BCUT2D eigenvalue weighted by Gasteiger charge is -2.25. The molecule has 2 atom stereocenters. The highest BCUT2D eigenvalue weighted by atomic mass is 15.1. The zero-order chi connectivity index (χ0) is 10.3. The third kappa shape index (κ3) is 1.46. The molecule has 0 amide bonds. The molecule has 0 spiro atoms. The van der Waals surface area contributed by atoms with Gasteiger partial charge in [-0.15, -0.1) is 0 Å². The number of hydrogen-bond donors (Lipinski definition) is 1. The molecule has 1 aliphatic carbocycles. The molecule has 2 rings (SSSR count). The Hall–Kier alpha value is -0.830. The lowest BCUT2D eigenvalue weighted by molar-refractivity contribution is 0.383. The fraction of sp³-hybridized carbons (Fsp3) is 0.727. The molecule has 1 aromatic rings. The highest BCUT2D eigenvalue weighted by molar-refractivity contribution is 5.20. The second kappa shape index (κ2) is 3.39. The van der Waals surface area contributed by atoms with Crippen LogP contribution in [0.2, 0.25) is 0 Å². The molecule has 0 aromatic carbocycles. The Kier molecular flexibility index (Phi) is 2.35. The molecule has 2 unspecified atom stereocenters. The summed E-state index contributed by atoms with van der Waals surface area (Å²) in [6.07, 6.45) is 3.40. The molecule has 0 fully saturated rings. The van der Waals surface area contributed by atoms with Gasteiger partial charge in [-0.1, -0.05) is 0 Å². The van der Waals surface area contributed by atoms with Gasteiger partial charge >= 0.3 is 0 Å². The first-order valence-corrected chi connectivity index (χ1v) is 5.36. The van der Waals surface area contributed by atoms with Crippen LogP contribution in [0.25, 0.3) is 0 Å². The van der Waals surface area contributed by atoms with E-state index in [0.717, 1.165) is 18.7 Å². The highest BCUT2D eigenvalue weighted by Crippen LogP contribution is 2.26. The smallest absolute Gasteiger partial charge is 0.105 e. The highest BCUT2D eigenvalue weighted by Gasteiger charge is 2.25. The van der Waals surface area contributed by atoms with Crippen LogP contribution in [0, 0.1) is 12.8 Å². The molecule has 1 aliphatic rings. The number of hydrogen-bond acceptors (Lipinski definition) is 2. The quantitative estimate of drug-likeness (QED) is 0.728. The van der Waals surface area contributed by atoms with E-state index in [0.29, 0.717) is 12.0 Å². The maximum atomic E-state index is 5.95. The monoisotopic (exact) mass is 193 g/mol. The number of fused-ring (bicyclic) bond motifs is 1. The lowest BCUT2D eigenvalue weighted by Crippen LogP contribution is -2.31.